The molecule has 0 amide bonds. The Hall–Kier alpha value is -1.72. The van der Waals surface area contributed by atoms with Crippen molar-refractivity contribution >= 4 is 40.1 Å². The highest BCUT2D eigenvalue weighted by Crippen LogP contribution is 2.28. The largest absolute Gasteiger partial charge is 0.399 e. The van der Waals surface area contributed by atoms with E-state index in [0.29, 0.717) is 11.4 Å². The number of H-pyrrole nitrogens is 1. The summed E-state index contributed by atoms with van der Waals surface area (Å²) in [5.41, 5.74) is 8.89. The van der Waals surface area contributed by atoms with Gasteiger partial charge in [-0.05, 0) is 29.8 Å². The summed E-state index contributed by atoms with van der Waals surface area (Å²) < 4.78 is 13.3. The zero-order chi connectivity index (χ0) is 14.1. The van der Waals surface area contributed by atoms with Crippen molar-refractivity contribution < 1.29 is 4.39 Å². The van der Waals surface area contributed by atoms with E-state index in [1.807, 2.05) is 12.1 Å². The fourth-order valence-electron chi connectivity index (χ4n) is 1.88. The number of benzene rings is 2. The maximum atomic E-state index is 13.3. The lowest BCUT2D eigenvalue weighted by Gasteiger charge is -2.02. The SMILES string of the molecule is Nc1ccc2nc(SCc3cccc(F)c3Cl)[nH]c2c1. The van der Waals surface area contributed by atoms with Gasteiger partial charge in [0.2, 0.25) is 0 Å². The normalized spacial score (nSPS) is 11.1. The van der Waals surface area contributed by atoms with Gasteiger partial charge in [-0.1, -0.05) is 35.5 Å². The van der Waals surface area contributed by atoms with Gasteiger partial charge in [0, 0.05) is 11.4 Å². The lowest BCUT2D eigenvalue weighted by Crippen LogP contribution is -1.87. The average Bonchev–Trinajstić information content (AvgIpc) is 2.82. The van der Waals surface area contributed by atoms with Gasteiger partial charge in [0.05, 0.1) is 16.1 Å². The third-order valence-electron chi connectivity index (χ3n) is 2.88. The summed E-state index contributed by atoms with van der Waals surface area (Å²) in [4.78, 5) is 7.61. The van der Waals surface area contributed by atoms with Crippen LogP contribution in [0, 0.1) is 5.82 Å². The standard InChI is InChI=1S/C14H11ClFN3S/c15-13-8(2-1-3-10(13)16)7-20-14-18-11-5-4-9(17)6-12(11)19-14/h1-6H,7,17H2,(H,18,19). The number of imidazole rings is 1. The molecule has 3 aromatic rings. The highest BCUT2D eigenvalue weighted by Gasteiger charge is 2.08. The van der Waals surface area contributed by atoms with Crippen LogP contribution in [0.5, 0.6) is 0 Å². The number of fused-ring (bicyclic) bond motifs is 1. The molecule has 0 aliphatic carbocycles. The maximum absolute atomic E-state index is 13.3. The smallest absolute Gasteiger partial charge is 0.166 e. The van der Waals surface area contributed by atoms with E-state index in [9.17, 15) is 4.39 Å². The Morgan fingerprint density at radius 3 is 3.00 bits per heavy atom. The molecular weight excluding hydrogens is 297 g/mol. The summed E-state index contributed by atoms with van der Waals surface area (Å²) in [5, 5.41) is 0.922. The van der Waals surface area contributed by atoms with Crippen molar-refractivity contribution in [3.63, 3.8) is 0 Å². The molecule has 0 aliphatic rings. The summed E-state index contributed by atoms with van der Waals surface area (Å²) in [5.74, 6) is 0.147. The Bertz CT molecular complexity index is 772. The van der Waals surface area contributed by atoms with Crippen molar-refractivity contribution in [1.29, 1.82) is 0 Å². The first-order valence-corrected chi connectivity index (χ1v) is 7.31. The summed E-state index contributed by atoms with van der Waals surface area (Å²) >= 11 is 7.39. The fraction of sp³-hybridized carbons (Fsp3) is 0.0714. The first-order chi connectivity index (χ1) is 9.63. The van der Waals surface area contributed by atoms with Crippen LogP contribution in [0.15, 0.2) is 41.6 Å². The number of nitrogens with two attached hydrogens (primary N) is 1. The van der Waals surface area contributed by atoms with Crippen LogP contribution in [0.4, 0.5) is 10.1 Å². The van der Waals surface area contributed by atoms with E-state index >= 15 is 0 Å². The van der Waals surface area contributed by atoms with Crippen molar-refractivity contribution in [2.24, 2.45) is 0 Å². The molecule has 1 heterocycles. The number of nitrogen functional groups attached to an aromatic ring is 1. The number of nitrogens with one attached hydrogen (secondary N) is 1. The Labute approximate surface area is 124 Å². The van der Waals surface area contributed by atoms with Gasteiger partial charge < -0.3 is 10.7 Å². The average molecular weight is 308 g/mol. The quantitative estimate of drug-likeness (QED) is 0.562. The molecule has 102 valence electrons. The van der Waals surface area contributed by atoms with Crippen LogP contribution in [0.2, 0.25) is 5.02 Å². The van der Waals surface area contributed by atoms with Crippen molar-refractivity contribution in [3.8, 4) is 0 Å². The number of aromatic amines is 1. The van der Waals surface area contributed by atoms with Crippen LogP contribution < -0.4 is 5.73 Å². The Kier molecular flexibility index (Phi) is 3.54. The van der Waals surface area contributed by atoms with Crippen LogP contribution in [0.25, 0.3) is 11.0 Å². The van der Waals surface area contributed by atoms with Crippen LogP contribution in [-0.2, 0) is 5.75 Å². The van der Waals surface area contributed by atoms with Crippen LogP contribution in [0.3, 0.4) is 0 Å². The second kappa shape index (κ2) is 5.34. The summed E-state index contributed by atoms with van der Waals surface area (Å²) in [6.07, 6.45) is 0. The molecule has 2 aromatic carbocycles. The molecule has 0 saturated carbocycles. The minimum absolute atomic E-state index is 0.167. The number of anilines is 1. The third kappa shape index (κ3) is 2.59. The van der Waals surface area contributed by atoms with Crippen LogP contribution in [-0.4, -0.2) is 9.97 Å². The van der Waals surface area contributed by atoms with Crippen LogP contribution in [0.1, 0.15) is 5.56 Å². The van der Waals surface area contributed by atoms with E-state index in [1.165, 1.54) is 17.8 Å². The van der Waals surface area contributed by atoms with Gasteiger partial charge in [-0.15, -0.1) is 0 Å². The zero-order valence-electron chi connectivity index (χ0n) is 10.4. The van der Waals surface area contributed by atoms with E-state index < -0.39 is 5.82 Å². The first-order valence-electron chi connectivity index (χ1n) is 5.94. The van der Waals surface area contributed by atoms with Crippen molar-refractivity contribution in [1.82, 2.24) is 9.97 Å². The molecule has 0 unspecified atom stereocenters. The minimum Gasteiger partial charge on any atom is -0.399 e. The van der Waals surface area contributed by atoms with E-state index in [2.05, 4.69) is 9.97 Å². The third-order valence-corrected chi connectivity index (χ3v) is 4.23. The maximum Gasteiger partial charge on any atom is 0.166 e. The fourth-order valence-corrected chi connectivity index (χ4v) is 3.03. The van der Waals surface area contributed by atoms with Gasteiger partial charge in [0.1, 0.15) is 5.82 Å². The van der Waals surface area contributed by atoms with E-state index in [4.69, 9.17) is 17.3 Å². The zero-order valence-corrected chi connectivity index (χ0v) is 11.9. The molecule has 3 N–H and O–H groups in total. The molecule has 1 aromatic heterocycles. The Morgan fingerprint density at radius 1 is 1.30 bits per heavy atom. The Morgan fingerprint density at radius 2 is 2.15 bits per heavy atom. The lowest BCUT2D eigenvalue weighted by molar-refractivity contribution is 0.627. The molecule has 3 rings (SSSR count). The minimum atomic E-state index is -0.401. The molecule has 0 bridgehead atoms. The van der Waals surface area contributed by atoms with E-state index in [-0.39, 0.29) is 5.02 Å². The number of thioether (sulfide) groups is 1. The number of aromatic nitrogens is 2. The van der Waals surface area contributed by atoms with Gasteiger partial charge in [0.25, 0.3) is 0 Å². The molecule has 6 heteroatoms. The van der Waals surface area contributed by atoms with Crippen molar-refractivity contribution in [2.45, 2.75) is 10.9 Å². The molecule has 0 radical (unpaired) electrons. The molecule has 0 fully saturated rings. The Balaban J connectivity index is 1.81. The highest BCUT2D eigenvalue weighted by molar-refractivity contribution is 7.98. The van der Waals surface area contributed by atoms with Gasteiger partial charge >= 0.3 is 0 Å². The van der Waals surface area contributed by atoms with Gasteiger partial charge in [-0.2, -0.15) is 0 Å². The summed E-state index contributed by atoms with van der Waals surface area (Å²) in [6.45, 7) is 0. The topological polar surface area (TPSA) is 54.7 Å². The predicted molar refractivity (Wildman–Crippen MR) is 81.5 cm³/mol. The van der Waals surface area contributed by atoms with Crippen molar-refractivity contribution in [3.05, 3.63) is 52.8 Å². The number of hydrogen-bond donors (Lipinski definition) is 2. The molecule has 0 spiro atoms. The number of rotatable bonds is 3. The van der Waals surface area contributed by atoms with Crippen molar-refractivity contribution in [2.75, 3.05) is 5.73 Å². The van der Waals surface area contributed by atoms with E-state index in [0.717, 1.165) is 21.8 Å². The second-order valence-corrected chi connectivity index (χ2v) is 5.66. The first kappa shape index (κ1) is 13.3. The summed E-state index contributed by atoms with van der Waals surface area (Å²) in [7, 11) is 0. The van der Waals surface area contributed by atoms with Crippen LogP contribution >= 0.6 is 23.4 Å². The van der Waals surface area contributed by atoms with Gasteiger partial charge in [-0.3, -0.25) is 0 Å². The summed E-state index contributed by atoms with van der Waals surface area (Å²) in [6, 6.07) is 10.3. The molecule has 0 atom stereocenters. The molecule has 0 aliphatic heterocycles. The molecule has 3 nitrogen and oxygen atoms in total. The lowest BCUT2D eigenvalue weighted by atomic mass is 10.2. The number of nitrogens with zero attached hydrogens (tertiary/aromatic N) is 1. The molecular formula is C14H11ClFN3S. The van der Waals surface area contributed by atoms with Gasteiger partial charge in [-0.25, -0.2) is 9.37 Å². The monoisotopic (exact) mass is 307 g/mol. The number of hydrogen-bond acceptors (Lipinski definition) is 3. The van der Waals surface area contributed by atoms with Gasteiger partial charge in [0.15, 0.2) is 5.16 Å². The molecule has 0 saturated heterocycles. The second-order valence-electron chi connectivity index (χ2n) is 4.32. The molecule has 20 heavy (non-hydrogen) atoms. The number of halogens is 2. The predicted octanol–water partition coefficient (Wildman–Crippen LogP) is 4.23. The highest BCUT2D eigenvalue weighted by atomic mass is 35.5. The van der Waals surface area contributed by atoms with E-state index in [1.54, 1.807) is 18.2 Å².